The van der Waals surface area contributed by atoms with Gasteiger partial charge in [0.1, 0.15) is 30.4 Å². The second-order valence-corrected chi connectivity index (χ2v) is 18.0. The number of aliphatic imine (C=N–C) groups is 1. The van der Waals surface area contributed by atoms with E-state index in [-0.39, 0.29) is 28.6 Å². The predicted molar refractivity (Wildman–Crippen MR) is 139 cm³/mol. The molecule has 34 heavy (non-hydrogen) atoms. The molecule has 1 aromatic carbocycles. The zero-order valence-corrected chi connectivity index (χ0v) is 23.4. The third-order valence-electron chi connectivity index (χ3n) is 5.77. The van der Waals surface area contributed by atoms with Gasteiger partial charge in [0.2, 0.25) is 0 Å². The van der Waals surface area contributed by atoms with E-state index in [0.29, 0.717) is 12.3 Å². The Balaban J connectivity index is 2.51. The number of ether oxygens (including phenoxy) is 2. The lowest BCUT2D eigenvalue weighted by atomic mass is 9.78. The van der Waals surface area contributed by atoms with Gasteiger partial charge in [-0.15, -0.1) is 0 Å². The van der Waals surface area contributed by atoms with Gasteiger partial charge in [0.15, 0.2) is 5.17 Å². The van der Waals surface area contributed by atoms with E-state index < -0.39 is 37.8 Å². The van der Waals surface area contributed by atoms with E-state index in [9.17, 15) is 13.6 Å². The van der Waals surface area contributed by atoms with Crippen LogP contribution in [0.1, 0.15) is 40.2 Å². The smallest absolute Gasteiger partial charge is 0.418 e. The van der Waals surface area contributed by atoms with E-state index in [0.717, 1.165) is 6.04 Å². The quantitative estimate of drug-likeness (QED) is 0.201. The molecule has 1 aromatic rings. The number of amidine groups is 1. The van der Waals surface area contributed by atoms with Gasteiger partial charge in [0, 0.05) is 37.1 Å². The molecule has 0 bridgehead atoms. The molecule has 192 valence electrons. The number of thioether (sulfide) groups is 1. The van der Waals surface area contributed by atoms with E-state index >= 15 is 0 Å². The summed E-state index contributed by atoms with van der Waals surface area (Å²) in [4.78, 5) is 19.1. The number of nitrogens with zero attached hydrogens (tertiary/aromatic N) is 2. The number of amides is 1. The molecule has 2 N–H and O–H groups in total. The Labute approximate surface area is 207 Å². The molecular weight excluding hydrogens is 476 g/mol. The molecular formula is C24H39F2N3O3SSi. The van der Waals surface area contributed by atoms with Gasteiger partial charge in [-0.2, -0.15) is 0 Å². The molecule has 1 aliphatic rings. The van der Waals surface area contributed by atoms with Crippen molar-refractivity contribution >= 4 is 36.8 Å². The lowest BCUT2D eigenvalue weighted by molar-refractivity contribution is 0.0107. The maximum Gasteiger partial charge on any atom is 0.418 e. The maximum absolute atomic E-state index is 14.9. The van der Waals surface area contributed by atoms with Crippen LogP contribution >= 0.6 is 11.8 Å². The number of nitrogens with two attached hydrogens (primary N) is 1. The monoisotopic (exact) mass is 515 g/mol. The summed E-state index contributed by atoms with van der Waals surface area (Å²) in [6.07, 6.45) is -0.644. The fraction of sp³-hybridized carbons (Fsp3) is 0.667. The molecule has 1 amide bonds. The summed E-state index contributed by atoms with van der Waals surface area (Å²) in [6.45, 7) is 15.2. The zero-order chi connectivity index (χ0) is 25.9. The van der Waals surface area contributed by atoms with Gasteiger partial charge >= 0.3 is 6.09 Å². The first-order valence-electron chi connectivity index (χ1n) is 11.6. The average molecular weight is 516 g/mol. The highest BCUT2D eigenvalue weighted by Crippen LogP contribution is 2.46. The summed E-state index contributed by atoms with van der Waals surface area (Å²) in [5.74, 6) is -0.952. The van der Waals surface area contributed by atoms with Crippen LogP contribution in [-0.4, -0.2) is 55.1 Å². The number of halogens is 2. The normalized spacial score (nSPS) is 23.4. The number of alkyl halides is 1. The van der Waals surface area contributed by atoms with Crippen molar-refractivity contribution in [2.75, 3.05) is 25.7 Å². The minimum Gasteiger partial charge on any atom is -0.443 e. The second kappa shape index (κ2) is 10.9. The number of hydrogen-bond acceptors (Lipinski definition) is 6. The van der Waals surface area contributed by atoms with Gasteiger partial charge < -0.3 is 15.2 Å². The minimum absolute atomic E-state index is 0.0796. The Hall–Kier alpha value is -1.65. The van der Waals surface area contributed by atoms with Gasteiger partial charge in [-0.3, -0.25) is 0 Å². The van der Waals surface area contributed by atoms with Gasteiger partial charge in [-0.1, -0.05) is 45.3 Å². The third kappa shape index (κ3) is 7.18. The zero-order valence-electron chi connectivity index (χ0n) is 21.6. The standard InChI is InChI=1S/C24H39F2N3O3SSi/c1-16-17(2)33-21(28-24(16,14-25)19-13-18(27)9-10-20(19)26)29(22(30)32-23(3,4)5)15-31-11-12-34(6,7)8/h9-10,13,16-17H,11-12,14-15,27H2,1-8H3/t16-,17+,24+/m1/s1. The van der Waals surface area contributed by atoms with Gasteiger partial charge in [-0.25, -0.2) is 23.5 Å². The lowest BCUT2D eigenvalue weighted by Crippen LogP contribution is -2.49. The van der Waals surface area contributed by atoms with Gasteiger partial charge in [0.05, 0.1) is 0 Å². The fourth-order valence-corrected chi connectivity index (χ4v) is 5.51. The van der Waals surface area contributed by atoms with Crippen LogP contribution in [0.5, 0.6) is 0 Å². The number of carbonyl (C=O) groups is 1. The van der Waals surface area contributed by atoms with Crippen molar-refractivity contribution in [1.29, 1.82) is 0 Å². The number of benzene rings is 1. The van der Waals surface area contributed by atoms with Crippen LogP contribution in [0.4, 0.5) is 19.3 Å². The molecule has 1 aliphatic heterocycles. The average Bonchev–Trinajstić information content (AvgIpc) is 2.70. The predicted octanol–water partition coefficient (Wildman–Crippen LogP) is 6.25. The Kier molecular flexibility index (Phi) is 9.21. The summed E-state index contributed by atoms with van der Waals surface area (Å²) in [6, 6.07) is 5.00. The van der Waals surface area contributed by atoms with Crippen LogP contribution in [0.3, 0.4) is 0 Å². The molecule has 2 rings (SSSR count). The van der Waals surface area contributed by atoms with Crippen LogP contribution in [-0.2, 0) is 15.0 Å². The summed E-state index contributed by atoms with van der Waals surface area (Å²) >= 11 is 1.33. The molecule has 0 aliphatic carbocycles. The minimum atomic E-state index is -1.53. The Bertz CT molecular complexity index is 904. The topological polar surface area (TPSA) is 77.1 Å². The molecule has 3 atom stereocenters. The first-order valence-corrected chi connectivity index (χ1v) is 16.1. The second-order valence-electron chi connectivity index (χ2n) is 11.1. The van der Waals surface area contributed by atoms with Crippen molar-refractivity contribution in [2.45, 2.75) is 76.7 Å². The summed E-state index contributed by atoms with van der Waals surface area (Å²) in [5, 5.41) is 0.0725. The molecule has 0 unspecified atom stereocenters. The molecule has 0 spiro atoms. The third-order valence-corrected chi connectivity index (χ3v) is 8.77. The molecule has 10 heteroatoms. The molecule has 0 radical (unpaired) electrons. The van der Waals surface area contributed by atoms with Crippen molar-refractivity contribution in [3.63, 3.8) is 0 Å². The fourth-order valence-electron chi connectivity index (χ4n) is 3.52. The number of rotatable bonds is 7. The van der Waals surface area contributed by atoms with E-state index in [2.05, 4.69) is 24.6 Å². The van der Waals surface area contributed by atoms with Crippen molar-refractivity contribution in [3.05, 3.63) is 29.6 Å². The number of nitrogen functional groups attached to an aromatic ring is 1. The van der Waals surface area contributed by atoms with Gasteiger partial charge in [0.25, 0.3) is 0 Å². The van der Waals surface area contributed by atoms with Crippen molar-refractivity contribution < 1.29 is 23.0 Å². The first-order chi connectivity index (χ1) is 15.6. The Morgan fingerprint density at radius 2 is 1.94 bits per heavy atom. The Morgan fingerprint density at radius 1 is 1.29 bits per heavy atom. The van der Waals surface area contributed by atoms with E-state index in [4.69, 9.17) is 15.2 Å². The van der Waals surface area contributed by atoms with Crippen LogP contribution in [0.15, 0.2) is 23.2 Å². The van der Waals surface area contributed by atoms with Crippen molar-refractivity contribution in [3.8, 4) is 0 Å². The number of carbonyl (C=O) groups excluding carboxylic acids is 1. The van der Waals surface area contributed by atoms with Gasteiger partial charge in [-0.05, 0) is 45.0 Å². The largest absolute Gasteiger partial charge is 0.443 e. The number of hydrogen-bond donors (Lipinski definition) is 1. The van der Waals surface area contributed by atoms with Crippen LogP contribution in [0.25, 0.3) is 0 Å². The van der Waals surface area contributed by atoms with E-state index in [1.807, 2.05) is 13.8 Å². The highest BCUT2D eigenvalue weighted by atomic mass is 32.2. The Morgan fingerprint density at radius 3 is 2.50 bits per heavy atom. The SMILES string of the molecule is C[C@@H]1SC(N(COCC[Si](C)(C)C)C(=O)OC(C)(C)C)=N[C@](CF)(c2cc(N)ccc2F)[C@@H]1C. The molecule has 1 heterocycles. The lowest BCUT2D eigenvalue weighted by Gasteiger charge is -2.43. The summed E-state index contributed by atoms with van der Waals surface area (Å²) < 4.78 is 41.2. The van der Waals surface area contributed by atoms with Crippen molar-refractivity contribution in [1.82, 2.24) is 4.90 Å². The molecule has 0 fully saturated rings. The van der Waals surface area contributed by atoms with E-state index in [1.165, 1.54) is 34.9 Å². The highest BCUT2D eigenvalue weighted by Gasteiger charge is 2.48. The van der Waals surface area contributed by atoms with Crippen LogP contribution < -0.4 is 5.73 Å². The molecule has 0 saturated carbocycles. The number of anilines is 1. The van der Waals surface area contributed by atoms with E-state index in [1.54, 1.807) is 20.8 Å². The molecule has 0 saturated heterocycles. The van der Waals surface area contributed by atoms with Crippen LogP contribution in [0, 0.1) is 11.7 Å². The highest BCUT2D eigenvalue weighted by molar-refractivity contribution is 8.14. The first kappa shape index (κ1) is 28.6. The summed E-state index contributed by atoms with van der Waals surface area (Å²) in [7, 11) is -1.34. The molecule has 6 nitrogen and oxygen atoms in total. The molecule has 0 aromatic heterocycles. The summed E-state index contributed by atoms with van der Waals surface area (Å²) in [5.41, 5.74) is 4.03. The van der Waals surface area contributed by atoms with Crippen LogP contribution in [0.2, 0.25) is 25.7 Å². The van der Waals surface area contributed by atoms with Crippen molar-refractivity contribution in [2.24, 2.45) is 10.9 Å². The maximum atomic E-state index is 14.9.